The van der Waals surface area contributed by atoms with E-state index in [9.17, 15) is 4.79 Å². The molecule has 1 heterocycles. The van der Waals surface area contributed by atoms with Crippen molar-refractivity contribution in [2.24, 2.45) is 17.1 Å². The zero-order chi connectivity index (χ0) is 13.6. The second-order valence-electron chi connectivity index (χ2n) is 5.99. The Balaban J connectivity index is 2.36. The standard InChI is InChI=1S/C15H30N2O/c1-4-15(5-2)9-11-17(12-15)14(18)7-6-13(3)8-10-16/h13H,4-12,16H2,1-3H3. The fraction of sp³-hybridized carbons (Fsp3) is 0.933. The highest BCUT2D eigenvalue weighted by atomic mass is 16.2. The fourth-order valence-corrected chi connectivity index (χ4v) is 2.93. The molecule has 18 heavy (non-hydrogen) atoms. The average Bonchev–Trinajstić information content (AvgIpc) is 2.81. The van der Waals surface area contributed by atoms with Crippen LogP contribution in [0.25, 0.3) is 0 Å². The number of hydrogen-bond donors (Lipinski definition) is 1. The molecule has 1 amide bonds. The molecule has 0 aromatic heterocycles. The van der Waals surface area contributed by atoms with Crippen LogP contribution in [0.1, 0.15) is 59.3 Å². The van der Waals surface area contributed by atoms with Crippen molar-refractivity contribution in [1.29, 1.82) is 0 Å². The molecule has 106 valence electrons. The van der Waals surface area contributed by atoms with Crippen LogP contribution in [0.3, 0.4) is 0 Å². The first-order valence-corrected chi connectivity index (χ1v) is 7.54. The first kappa shape index (κ1) is 15.5. The zero-order valence-electron chi connectivity index (χ0n) is 12.4. The third-order valence-electron chi connectivity index (χ3n) is 4.80. The first-order chi connectivity index (χ1) is 8.56. The van der Waals surface area contributed by atoms with Gasteiger partial charge < -0.3 is 10.6 Å². The van der Waals surface area contributed by atoms with Gasteiger partial charge in [-0.2, -0.15) is 0 Å². The van der Waals surface area contributed by atoms with E-state index < -0.39 is 0 Å². The van der Waals surface area contributed by atoms with Crippen molar-refractivity contribution in [3.63, 3.8) is 0 Å². The third-order valence-corrected chi connectivity index (χ3v) is 4.80. The van der Waals surface area contributed by atoms with Gasteiger partial charge >= 0.3 is 0 Å². The second-order valence-corrected chi connectivity index (χ2v) is 5.99. The van der Waals surface area contributed by atoms with Crippen LogP contribution in [-0.4, -0.2) is 30.4 Å². The van der Waals surface area contributed by atoms with E-state index in [-0.39, 0.29) is 0 Å². The van der Waals surface area contributed by atoms with Crippen molar-refractivity contribution in [1.82, 2.24) is 4.90 Å². The minimum absolute atomic E-state index is 0.350. The monoisotopic (exact) mass is 254 g/mol. The molecule has 0 aromatic carbocycles. The van der Waals surface area contributed by atoms with Gasteiger partial charge in [0, 0.05) is 19.5 Å². The molecular formula is C15H30N2O. The van der Waals surface area contributed by atoms with Crippen molar-refractivity contribution >= 4 is 5.91 Å². The summed E-state index contributed by atoms with van der Waals surface area (Å²) >= 11 is 0. The van der Waals surface area contributed by atoms with E-state index in [0.29, 0.717) is 23.7 Å². The number of amides is 1. The summed E-state index contributed by atoms with van der Waals surface area (Å²) in [6.45, 7) is 9.36. The maximum Gasteiger partial charge on any atom is 0.222 e. The third kappa shape index (κ3) is 3.98. The van der Waals surface area contributed by atoms with Crippen LogP contribution < -0.4 is 5.73 Å². The van der Waals surface area contributed by atoms with E-state index in [2.05, 4.69) is 25.7 Å². The Hall–Kier alpha value is -0.570. The number of carbonyl (C=O) groups excluding carboxylic acids is 1. The summed E-state index contributed by atoms with van der Waals surface area (Å²) in [5, 5.41) is 0. The predicted octanol–water partition coefficient (Wildman–Crippen LogP) is 2.79. The molecule has 1 fully saturated rings. The van der Waals surface area contributed by atoms with Gasteiger partial charge in [0.1, 0.15) is 0 Å². The molecule has 3 nitrogen and oxygen atoms in total. The molecule has 0 aliphatic carbocycles. The van der Waals surface area contributed by atoms with Gasteiger partial charge in [0.05, 0.1) is 0 Å². The molecule has 1 unspecified atom stereocenters. The SMILES string of the molecule is CCC1(CC)CCN(C(=O)CCC(C)CCN)C1. The lowest BCUT2D eigenvalue weighted by molar-refractivity contribution is -0.130. The summed E-state index contributed by atoms with van der Waals surface area (Å²) in [4.78, 5) is 14.3. The Morgan fingerprint density at radius 3 is 2.50 bits per heavy atom. The quantitative estimate of drug-likeness (QED) is 0.759. The molecule has 0 aromatic rings. The second kappa shape index (κ2) is 7.13. The highest BCUT2D eigenvalue weighted by Crippen LogP contribution is 2.37. The molecular weight excluding hydrogens is 224 g/mol. The first-order valence-electron chi connectivity index (χ1n) is 7.54. The lowest BCUT2D eigenvalue weighted by atomic mass is 9.82. The number of nitrogens with zero attached hydrogens (tertiary/aromatic N) is 1. The van der Waals surface area contributed by atoms with Gasteiger partial charge in [-0.05, 0) is 50.0 Å². The van der Waals surface area contributed by atoms with Gasteiger partial charge in [-0.25, -0.2) is 0 Å². The fourth-order valence-electron chi connectivity index (χ4n) is 2.93. The van der Waals surface area contributed by atoms with Crippen molar-refractivity contribution in [2.75, 3.05) is 19.6 Å². The van der Waals surface area contributed by atoms with Gasteiger partial charge in [0.15, 0.2) is 0 Å². The molecule has 0 bridgehead atoms. The van der Waals surface area contributed by atoms with Gasteiger partial charge in [-0.3, -0.25) is 4.79 Å². The van der Waals surface area contributed by atoms with Gasteiger partial charge in [0.2, 0.25) is 5.91 Å². The summed E-state index contributed by atoms with van der Waals surface area (Å²) in [6, 6.07) is 0. The Kier molecular flexibility index (Phi) is 6.13. The smallest absolute Gasteiger partial charge is 0.222 e. The lowest BCUT2D eigenvalue weighted by Crippen LogP contribution is -2.31. The van der Waals surface area contributed by atoms with Gasteiger partial charge in [-0.1, -0.05) is 20.8 Å². The summed E-state index contributed by atoms with van der Waals surface area (Å²) < 4.78 is 0. The minimum atomic E-state index is 0.350. The molecule has 0 radical (unpaired) electrons. The summed E-state index contributed by atoms with van der Waals surface area (Å²) in [5.41, 5.74) is 5.94. The maximum absolute atomic E-state index is 12.2. The van der Waals surface area contributed by atoms with Crippen molar-refractivity contribution in [3.8, 4) is 0 Å². The van der Waals surface area contributed by atoms with Crippen LogP contribution in [0, 0.1) is 11.3 Å². The summed E-state index contributed by atoms with van der Waals surface area (Å²) in [5.74, 6) is 0.923. The molecule has 2 N–H and O–H groups in total. The van der Waals surface area contributed by atoms with Crippen LogP contribution in [0.4, 0.5) is 0 Å². The Bertz CT molecular complexity index is 261. The summed E-state index contributed by atoms with van der Waals surface area (Å²) in [7, 11) is 0. The Labute approximate surface area is 112 Å². The van der Waals surface area contributed by atoms with Crippen molar-refractivity contribution < 1.29 is 4.79 Å². The lowest BCUT2D eigenvalue weighted by Gasteiger charge is -2.26. The Morgan fingerprint density at radius 2 is 2.00 bits per heavy atom. The van der Waals surface area contributed by atoms with Crippen LogP contribution in [0.2, 0.25) is 0 Å². The van der Waals surface area contributed by atoms with Gasteiger partial charge in [0.25, 0.3) is 0 Å². The highest BCUT2D eigenvalue weighted by molar-refractivity contribution is 5.76. The number of likely N-dealkylation sites (tertiary alicyclic amines) is 1. The summed E-state index contributed by atoms with van der Waals surface area (Å²) in [6.07, 6.45) is 6.28. The van der Waals surface area contributed by atoms with E-state index in [0.717, 1.165) is 32.5 Å². The van der Waals surface area contributed by atoms with Crippen LogP contribution in [0.15, 0.2) is 0 Å². The Morgan fingerprint density at radius 1 is 1.33 bits per heavy atom. The normalized spacial score (nSPS) is 20.1. The number of hydrogen-bond acceptors (Lipinski definition) is 2. The molecule has 1 atom stereocenters. The molecule has 1 rings (SSSR count). The van der Waals surface area contributed by atoms with Crippen LogP contribution in [0.5, 0.6) is 0 Å². The largest absolute Gasteiger partial charge is 0.342 e. The zero-order valence-corrected chi connectivity index (χ0v) is 12.4. The number of rotatable bonds is 7. The van der Waals surface area contributed by atoms with E-state index in [1.807, 2.05) is 0 Å². The predicted molar refractivity (Wildman–Crippen MR) is 76.3 cm³/mol. The molecule has 1 saturated heterocycles. The van der Waals surface area contributed by atoms with E-state index in [1.165, 1.54) is 19.3 Å². The topological polar surface area (TPSA) is 46.3 Å². The van der Waals surface area contributed by atoms with Crippen molar-refractivity contribution in [3.05, 3.63) is 0 Å². The van der Waals surface area contributed by atoms with Gasteiger partial charge in [-0.15, -0.1) is 0 Å². The maximum atomic E-state index is 12.2. The molecule has 1 aliphatic heterocycles. The molecule has 1 aliphatic rings. The minimum Gasteiger partial charge on any atom is -0.342 e. The van der Waals surface area contributed by atoms with E-state index in [1.54, 1.807) is 0 Å². The van der Waals surface area contributed by atoms with E-state index in [4.69, 9.17) is 5.73 Å². The number of carbonyl (C=O) groups is 1. The highest BCUT2D eigenvalue weighted by Gasteiger charge is 2.36. The van der Waals surface area contributed by atoms with Crippen molar-refractivity contribution in [2.45, 2.75) is 59.3 Å². The average molecular weight is 254 g/mol. The van der Waals surface area contributed by atoms with Crippen LogP contribution in [-0.2, 0) is 4.79 Å². The number of nitrogens with two attached hydrogens (primary N) is 1. The molecule has 0 saturated carbocycles. The molecule has 3 heteroatoms. The van der Waals surface area contributed by atoms with Crippen LogP contribution >= 0.6 is 0 Å². The van der Waals surface area contributed by atoms with E-state index >= 15 is 0 Å². The molecule has 0 spiro atoms.